The molecule has 3 amide bonds. The van der Waals surface area contributed by atoms with Gasteiger partial charge < -0.3 is 19.7 Å². The van der Waals surface area contributed by atoms with Crippen molar-refractivity contribution in [3.8, 4) is 11.5 Å². The molecule has 2 aliphatic rings. The van der Waals surface area contributed by atoms with Gasteiger partial charge in [-0.1, -0.05) is 6.07 Å². The summed E-state index contributed by atoms with van der Waals surface area (Å²) >= 11 is 0. The fraction of sp³-hybridized carbons (Fsp3) is 0.316. The van der Waals surface area contributed by atoms with Crippen LogP contribution in [0.1, 0.15) is 5.69 Å². The Kier molecular flexibility index (Phi) is 4.53. The van der Waals surface area contributed by atoms with Crippen LogP contribution in [-0.2, 0) is 4.79 Å². The number of hydrogen-bond acceptors (Lipinski definition) is 5. The summed E-state index contributed by atoms with van der Waals surface area (Å²) in [5, 5.41) is 2.73. The van der Waals surface area contributed by atoms with Gasteiger partial charge in [0, 0.05) is 30.5 Å². The maximum Gasteiger partial charge on any atom is 0.325 e. The van der Waals surface area contributed by atoms with Gasteiger partial charge in [-0.05, 0) is 31.2 Å². The number of aryl methyl sites for hydroxylation is 1. The van der Waals surface area contributed by atoms with Gasteiger partial charge in [-0.15, -0.1) is 0 Å². The standard InChI is InChI=1S/C19H20N4O4/c1-13-3-2-4-17(20-13)21-18(24)12-22-7-8-23(19(22)25)14-5-6-15-16(11-14)27-10-9-26-15/h2-6,11H,7-10,12H2,1H3,(H,20,21,24). The minimum absolute atomic E-state index is 0.0183. The van der Waals surface area contributed by atoms with Gasteiger partial charge in [-0.3, -0.25) is 9.69 Å². The van der Waals surface area contributed by atoms with E-state index < -0.39 is 0 Å². The molecule has 1 N–H and O–H groups in total. The Morgan fingerprint density at radius 3 is 2.78 bits per heavy atom. The first-order valence-corrected chi connectivity index (χ1v) is 8.80. The summed E-state index contributed by atoms with van der Waals surface area (Å²) in [7, 11) is 0. The Morgan fingerprint density at radius 1 is 1.15 bits per heavy atom. The molecule has 1 aromatic carbocycles. The summed E-state index contributed by atoms with van der Waals surface area (Å²) in [6.45, 7) is 3.83. The third-order valence-electron chi connectivity index (χ3n) is 4.42. The summed E-state index contributed by atoms with van der Waals surface area (Å²) in [4.78, 5) is 32.4. The summed E-state index contributed by atoms with van der Waals surface area (Å²) in [5.41, 5.74) is 1.54. The lowest BCUT2D eigenvalue weighted by Crippen LogP contribution is -2.37. The van der Waals surface area contributed by atoms with Crippen LogP contribution in [0.3, 0.4) is 0 Å². The molecule has 0 spiro atoms. The van der Waals surface area contributed by atoms with E-state index in [0.717, 1.165) is 11.4 Å². The number of hydrogen-bond donors (Lipinski definition) is 1. The van der Waals surface area contributed by atoms with Gasteiger partial charge >= 0.3 is 6.03 Å². The number of anilines is 2. The quantitative estimate of drug-likeness (QED) is 0.893. The number of pyridine rings is 1. The molecule has 8 heteroatoms. The second-order valence-electron chi connectivity index (χ2n) is 6.40. The van der Waals surface area contributed by atoms with Gasteiger partial charge in [-0.25, -0.2) is 9.78 Å². The normalized spacial score (nSPS) is 15.8. The molecule has 1 aromatic heterocycles. The van der Waals surface area contributed by atoms with Crippen molar-refractivity contribution in [2.75, 3.05) is 43.1 Å². The van der Waals surface area contributed by atoms with E-state index in [1.54, 1.807) is 23.1 Å². The van der Waals surface area contributed by atoms with E-state index in [2.05, 4.69) is 10.3 Å². The first-order chi connectivity index (χ1) is 13.1. The Morgan fingerprint density at radius 2 is 1.96 bits per heavy atom. The Hall–Kier alpha value is -3.29. The van der Waals surface area contributed by atoms with E-state index in [-0.39, 0.29) is 18.5 Å². The van der Waals surface area contributed by atoms with Crippen LogP contribution >= 0.6 is 0 Å². The number of benzene rings is 1. The zero-order valence-electron chi connectivity index (χ0n) is 15.0. The lowest BCUT2D eigenvalue weighted by molar-refractivity contribution is -0.116. The van der Waals surface area contributed by atoms with Crippen LogP contribution < -0.4 is 19.7 Å². The Labute approximate surface area is 156 Å². The van der Waals surface area contributed by atoms with Gasteiger partial charge in [0.25, 0.3) is 0 Å². The SMILES string of the molecule is Cc1cccc(NC(=O)CN2CCN(c3ccc4c(c3)OCCO4)C2=O)n1. The van der Waals surface area contributed by atoms with Crippen molar-refractivity contribution in [2.24, 2.45) is 0 Å². The number of amides is 3. The molecule has 3 heterocycles. The maximum absolute atomic E-state index is 12.7. The summed E-state index contributed by atoms with van der Waals surface area (Å²) < 4.78 is 11.1. The smallest absolute Gasteiger partial charge is 0.325 e. The molecule has 27 heavy (non-hydrogen) atoms. The molecule has 2 aliphatic heterocycles. The molecule has 2 aromatic rings. The number of rotatable bonds is 4. The van der Waals surface area contributed by atoms with Gasteiger partial charge in [0.15, 0.2) is 11.5 Å². The first kappa shape index (κ1) is 17.1. The highest BCUT2D eigenvalue weighted by Crippen LogP contribution is 2.34. The van der Waals surface area contributed by atoms with E-state index in [0.29, 0.717) is 43.6 Å². The number of urea groups is 1. The molecule has 140 valence electrons. The average Bonchev–Trinajstić information content (AvgIpc) is 3.01. The van der Waals surface area contributed by atoms with Crippen molar-refractivity contribution in [1.82, 2.24) is 9.88 Å². The number of aromatic nitrogens is 1. The highest BCUT2D eigenvalue weighted by Gasteiger charge is 2.31. The fourth-order valence-electron chi connectivity index (χ4n) is 3.14. The fourth-order valence-corrected chi connectivity index (χ4v) is 3.14. The molecule has 0 atom stereocenters. The van der Waals surface area contributed by atoms with Gasteiger partial charge in [0.1, 0.15) is 25.6 Å². The molecule has 8 nitrogen and oxygen atoms in total. The Balaban J connectivity index is 1.40. The molecule has 4 rings (SSSR count). The van der Waals surface area contributed by atoms with Crippen LogP contribution in [-0.4, -0.2) is 54.7 Å². The van der Waals surface area contributed by atoms with Crippen molar-refractivity contribution in [3.63, 3.8) is 0 Å². The van der Waals surface area contributed by atoms with Crippen LogP contribution in [0.5, 0.6) is 11.5 Å². The zero-order chi connectivity index (χ0) is 18.8. The zero-order valence-corrected chi connectivity index (χ0v) is 15.0. The Bertz CT molecular complexity index is 886. The van der Waals surface area contributed by atoms with E-state index in [1.165, 1.54) is 4.90 Å². The highest BCUT2D eigenvalue weighted by molar-refractivity contribution is 5.99. The number of carbonyl (C=O) groups is 2. The number of nitrogens with zero attached hydrogens (tertiary/aromatic N) is 3. The van der Waals surface area contributed by atoms with Crippen LogP contribution in [0.4, 0.5) is 16.3 Å². The van der Waals surface area contributed by atoms with E-state index in [9.17, 15) is 9.59 Å². The molecule has 1 saturated heterocycles. The molecular weight excluding hydrogens is 348 g/mol. The lowest BCUT2D eigenvalue weighted by atomic mass is 10.2. The minimum atomic E-state index is -0.273. The van der Waals surface area contributed by atoms with Crippen LogP contribution in [0.15, 0.2) is 36.4 Å². The number of nitrogens with one attached hydrogen (secondary N) is 1. The van der Waals surface area contributed by atoms with Gasteiger partial charge in [-0.2, -0.15) is 0 Å². The van der Waals surface area contributed by atoms with Crippen molar-refractivity contribution in [1.29, 1.82) is 0 Å². The molecule has 0 bridgehead atoms. The molecule has 0 saturated carbocycles. The third-order valence-corrected chi connectivity index (χ3v) is 4.42. The first-order valence-electron chi connectivity index (χ1n) is 8.80. The second kappa shape index (κ2) is 7.14. The molecule has 0 radical (unpaired) electrons. The van der Waals surface area contributed by atoms with E-state index >= 15 is 0 Å². The van der Waals surface area contributed by atoms with E-state index in [4.69, 9.17) is 9.47 Å². The summed E-state index contributed by atoms with van der Waals surface area (Å²) in [6, 6.07) is 10.6. The predicted molar refractivity (Wildman–Crippen MR) is 99.4 cm³/mol. The summed E-state index contributed by atoms with van der Waals surface area (Å²) in [6.07, 6.45) is 0. The third kappa shape index (κ3) is 3.64. The van der Waals surface area contributed by atoms with Crippen LogP contribution in [0.2, 0.25) is 0 Å². The highest BCUT2D eigenvalue weighted by atomic mass is 16.6. The number of fused-ring (bicyclic) bond motifs is 1. The summed E-state index contributed by atoms with van der Waals surface area (Å²) in [5.74, 6) is 1.52. The predicted octanol–water partition coefficient (Wildman–Crippen LogP) is 2.04. The van der Waals surface area contributed by atoms with Crippen molar-refractivity contribution >= 4 is 23.4 Å². The van der Waals surface area contributed by atoms with Crippen molar-refractivity contribution in [3.05, 3.63) is 42.1 Å². The largest absolute Gasteiger partial charge is 0.486 e. The molecule has 0 aliphatic carbocycles. The lowest BCUT2D eigenvalue weighted by Gasteiger charge is -2.22. The molecular formula is C19H20N4O4. The van der Waals surface area contributed by atoms with E-state index in [1.807, 2.05) is 25.1 Å². The van der Waals surface area contributed by atoms with Gasteiger partial charge in [0.2, 0.25) is 5.91 Å². The average molecular weight is 368 g/mol. The van der Waals surface area contributed by atoms with Crippen molar-refractivity contribution in [2.45, 2.75) is 6.92 Å². The number of ether oxygens (including phenoxy) is 2. The topological polar surface area (TPSA) is 84.0 Å². The second-order valence-corrected chi connectivity index (χ2v) is 6.40. The molecule has 1 fully saturated rings. The van der Waals surface area contributed by atoms with Crippen LogP contribution in [0, 0.1) is 6.92 Å². The number of carbonyl (C=O) groups excluding carboxylic acids is 2. The monoisotopic (exact) mass is 368 g/mol. The maximum atomic E-state index is 12.7. The van der Waals surface area contributed by atoms with Gasteiger partial charge in [0.05, 0.1) is 0 Å². The van der Waals surface area contributed by atoms with Crippen molar-refractivity contribution < 1.29 is 19.1 Å². The minimum Gasteiger partial charge on any atom is -0.486 e. The van der Waals surface area contributed by atoms with Crippen LogP contribution in [0.25, 0.3) is 0 Å². The molecule has 0 unspecified atom stereocenters.